The van der Waals surface area contributed by atoms with E-state index in [1.165, 1.54) is 0 Å². The van der Waals surface area contributed by atoms with Gasteiger partial charge in [-0.2, -0.15) is 0 Å². The van der Waals surface area contributed by atoms with Gasteiger partial charge in [-0.15, -0.1) is 0 Å². The molecule has 2 amide bonds. The number of rotatable bonds is 3. The van der Waals surface area contributed by atoms with Crippen LogP contribution in [-0.2, 0) is 4.74 Å². The van der Waals surface area contributed by atoms with Crippen molar-refractivity contribution in [3.63, 3.8) is 0 Å². The Morgan fingerprint density at radius 2 is 1.91 bits per heavy atom. The van der Waals surface area contributed by atoms with Gasteiger partial charge >= 0.3 is 6.03 Å². The highest BCUT2D eigenvalue weighted by Gasteiger charge is 2.19. The second-order valence-electron chi connectivity index (χ2n) is 5.72. The third kappa shape index (κ3) is 3.62. The Hall–Kier alpha value is -1.95. The molecule has 0 spiro atoms. The van der Waals surface area contributed by atoms with Crippen molar-refractivity contribution in [2.45, 2.75) is 12.8 Å². The quantitative estimate of drug-likeness (QED) is 0.931. The maximum atomic E-state index is 12.3. The number of ether oxygens (including phenoxy) is 3. The molecule has 2 aliphatic heterocycles. The third-order valence-corrected chi connectivity index (χ3v) is 4.01. The molecule has 6 nitrogen and oxygen atoms in total. The molecule has 2 aliphatic rings. The number of amides is 2. The molecule has 120 valence electrons. The maximum absolute atomic E-state index is 12.3. The standard InChI is InChI=1S/C16H22N2O4/c1-18(11-12-4-6-20-7-5-12)16(19)17-13-2-3-14-15(10-13)22-9-8-21-14/h2-3,10,12H,4-9,11H2,1H3,(H,17,19). The lowest BCUT2D eigenvalue weighted by molar-refractivity contribution is 0.0592. The first kappa shape index (κ1) is 15.0. The van der Waals surface area contributed by atoms with Gasteiger partial charge in [0.25, 0.3) is 0 Å². The smallest absolute Gasteiger partial charge is 0.321 e. The molecule has 22 heavy (non-hydrogen) atoms. The van der Waals surface area contributed by atoms with Gasteiger partial charge in [0.1, 0.15) is 13.2 Å². The van der Waals surface area contributed by atoms with Crippen molar-refractivity contribution in [2.75, 3.05) is 45.3 Å². The molecule has 0 bridgehead atoms. The first-order chi connectivity index (χ1) is 10.7. The topological polar surface area (TPSA) is 60.0 Å². The number of carbonyl (C=O) groups is 1. The molecule has 2 heterocycles. The molecule has 1 N–H and O–H groups in total. The molecular weight excluding hydrogens is 284 g/mol. The molecule has 1 fully saturated rings. The number of fused-ring (bicyclic) bond motifs is 1. The van der Waals surface area contributed by atoms with Gasteiger partial charge in [0.15, 0.2) is 11.5 Å². The predicted molar refractivity (Wildman–Crippen MR) is 82.6 cm³/mol. The molecule has 6 heteroatoms. The number of benzene rings is 1. The van der Waals surface area contributed by atoms with Crippen LogP contribution >= 0.6 is 0 Å². The summed E-state index contributed by atoms with van der Waals surface area (Å²) in [6.07, 6.45) is 2.03. The van der Waals surface area contributed by atoms with Crippen LogP contribution in [0.25, 0.3) is 0 Å². The van der Waals surface area contributed by atoms with E-state index in [2.05, 4.69) is 5.32 Å². The van der Waals surface area contributed by atoms with Gasteiger partial charge in [-0.05, 0) is 30.9 Å². The fourth-order valence-corrected chi connectivity index (χ4v) is 2.74. The lowest BCUT2D eigenvalue weighted by Gasteiger charge is -2.27. The Labute approximate surface area is 130 Å². The van der Waals surface area contributed by atoms with E-state index in [0.717, 1.165) is 38.3 Å². The second-order valence-corrected chi connectivity index (χ2v) is 5.72. The molecule has 0 unspecified atom stereocenters. The van der Waals surface area contributed by atoms with E-state index in [0.29, 0.717) is 30.6 Å². The van der Waals surface area contributed by atoms with E-state index >= 15 is 0 Å². The van der Waals surface area contributed by atoms with Crippen LogP contribution in [0.3, 0.4) is 0 Å². The minimum Gasteiger partial charge on any atom is -0.486 e. The zero-order chi connectivity index (χ0) is 15.4. The number of hydrogen-bond donors (Lipinski definition) is 1. The zero-order valence-corrected chi connectivity index (χ0v) is 12.8. The van der Waals surface area contributed by atoms with E-state index < -0.39 is 0 Å². The van der Waals surface area contributed by atoms with Crippen LogP contribution in [0.15, 0.2) is 18.2 Å². The molecule has 0 atom stereocenters. The lowest BCUT2D eigenvalue weighted by Crippen LogP contribution is -2.36. The SMILES string of the molecule is CN(CC1CCOCC1)C(=O)Nc1ccc2c(c1)OCCO2. The van der Waals surface area contributed by atoms with Crippen molar-refractivity contribution in [2.24, 2.45) is 5.92 Å². The van der Waals surface area contributed by atoms with Crippen molar-refractivity contribution in [1.82, 2.24) is 4.90 Å². The zero-order valence-electron chi connectivity index (χ0n) is 12.8. The number of nitrogens with one attached hydrogen (secondary N) is 1. The van der Waals surface area contributed by atoms with Gasteiger partial charge in [0, 0.05) is 38.6 Å². The van der Waals surface area contributed by atoms with Crippen LogP contribution in [0.5, 0.6) is 11.5 Å². The molecule has 0 saturated carbocycles. The van der Waals surface area contributed by atoms with Crippen LogP contribution in [0.1, 0.15) is 12.8 Å². The van der Waals surface area contributed by atoms with E-state index in [-0.39, 0.29) is 6.03 Å². The van der Waals surface area contributed by atoms with Gasteiger partial charge in [-0.25, -0.2) is 4.79 Å². The van der Waals surface area contributed by atoms with Crippen molar-refractivity contribution in [3.8, 4) is 11.5 Å². The monoisotopic (exact) mass is 306 g/mol. The first-order valence-electron chi connectivity index (χ1n) is 7.72. The summed E-state index contributed by atoms with van der Waals surface area (Å²) in [5.74, 6) is 1.92. The van der Waals surface area contributed by atoms with Crippen molar-refractivity contribution in [1.29, 1.82) is 0 Å². The minimum atomic E-state index is -0.108. The highest BCUT2D eigenvalue weighted by Crippen LogP contribution is 2.32. The first-order valence-corrected chi connectivity index (χ1v) is 7.72. The molecule has 0 radical (unpaired) electrons. The largest absolute Gasteiger partial charge is 0.486 e. The van der Waals surface area contributed by atoms with Crippen LogP contribution in [0.2, 0.25) is 0 Å². The van der Waals surface area contributed by atoms with E-state index in [4.69, 9.17) is 14.2 Å². The summed E-state index contributed by atoms with van der Waals surface area (Å²) in [6.45, 7) is 3.44. The van der Waals surface area contributed by atoms with Gasteiger partial charge < -0.3 is 24.4 Å². The second kappa shape index (κ2) is 6.87. The summed E-state index contributed by atoms with van der Waals surface area (Å²) in [5, 5.41) is 2.90. The molecule has 1 aromatic rings. The fraction of sp³-hybridized carbons (Fsp3) is 0.562. The molecule has 3 rings (SSSR count). The summed E-state index contributed by atoms with van der Waals surface area (Å²) >= 11 is 0. The predicted octanol–water partition coefficient (Wildman–Crippen LogP) is 2.35. The van der Waals surface area contributed by atoms with Crippen LogP contribution in [0, 0.1) is 5.92 Å². The van der Waals surface area contributed by atoms with Crippen LogP contribution < -0.4 is 14.8 Å². The Morgan fingerprint density at radius 3 is 2.68 bits per heavy atom. The van der Waals surface area contributed by atoms with Crippen molar-refractivity contribution >= 4 is 11.7 Å². The minimum absolute atomic E-state index is 0.108. The number of hydrogen-bond acceptors (Lipinski definition) is 4. The van der Waals surface area contributed by atoms with Gasteiger partial charge in [0.05, 0.1) is 0 Å². The van der Waals surface area contributed by atoms with Crippen LogP contribution in [-0.4, -0.2) is 51.0 Å². The molecule has 1 aromatic carbocycles. The molecule has 0 aromatic heterocycles. The number of nitrogens with zero attached hydrogens (tertiary/aromatic N) is 1. The van der Waals surface area contributed by atoms with E-state index in [1.807, 2.05) is 19.2 Å². The lowest BCUT2D eigenvalue weighted by atomic mass is 10.00. The highest BCUT2D eigenvalue weighted by molar-refractivity contribution is 5.89. The fourth-order valence-electron chi connectivity index (χ4n) is 2.74. The molecule has 1 saturated heterocycles. The summed E-state index contributed by atoms with van der Waals surface area (Å²) in [6, 6.07) is 5.34. The van der Waals surface area contributed by atoms with Crippen molar-refractivity contribution in [3.05, 3.63) is 18.2 Å². The summed E-state index contributed by atoms with van der Waals surface area (Å²) in [7, 11) is 1.82. The van der Waals surface area contributed by atoms with Crippen LogP contribution in [0.4, 0.5) is 10.5 Å². The number of anilines is 1. The maximum Gasteiger partial charge on any atom is 0.321 e. The summed E-state index contributed by atoms with van der Waals surface area (Å²) in [4.78, 5) is 14.0. The highest BCUT2D eigenvalue weighted by atomic mass is 16.6. The van der Waals surface area contributed by atoms with Gasteiger partial charge in [0.2, 0.25) is 0 Å². The van der Waals surface area contributed by atoms with E-state index in [1.54, 1.807) is 11.0 Å². The Morgan fingerprint density at radius 1 is 1.18 bits per heavy atom. The van der Waals surface area contributed by atoms with Gasteiger partial charge in [-0.3, -0.25) is 0 Å². The normalized spacial score (nSPS) is 17.9. The van der Waals surface area contributed by atoms with Gasteiger partial charge in [-0.1, -0.05) is 0 Å². The molecule has 0 aliphatic carbocycles. The average Bonchev–Trinajstić information content (AvgIpc) is 2.55. The summed E-state index contributed by atoms with van der Waals surface area (Å²) < 4.78 is 16.3. The third-order valence-electron chi connectivity index (χ3n) is 4.01. The van der Waals surface area contributed by atoms with Crippen molar-refractivity contribution < 1.29 is 19.0 Å². The number of urea groups is 1. The Kier molecular flexibility index (Phi) is 4.68. The van der Waals surface area contributed by atoms with E-state index in [9.17, 15) is 4.79 Å². The summed E-state index contributed by atoms with van der Waals surface area (Å²) in [5.41, 5.74) is 0.716. The molecular formula is C16H22N2O4. The number of carbonyl (C=O) groups excluding carboxylic acids is 1. The Balaban J connectivity index is 1.56. The Bertz CT molecular complexity index is 529. The average molecular weight is 306 g/mol.